The highest BCUT2D eigenvalue weighted by Gasteiger charge is 2.05. The van der Waals surface area contributed by atoms with E-state index in [1.165, 1.54) is 12.8 Å². The molecule has 92 valence electrons. The van der Waals surface area contributed by atoms with Gasteiger partial charge in [0.1, 0.15) is 0 Å². The maximum Gasteiger partial charge on any atom is 0.0804 e. The van der Waals surface area contributed by atoms with Gasteiger partial charge in [0.05, 0.1) is 39.1 Å². The maximum absolute atomic E-state index is 8.46. The fraction of sp³-hybridized carbons (Fsp3) is 1.00. The smallest absolute Gasteiger partial charge is 0.0804 e. The Morgan fingerprint density at radius 3 is 2.47 bits per heavy atom. The number of unbranched alkanes of at least 4 members (excludes halogenated alkanes) is 1. The van der Waals surface area contributed by atoms with E-state index in [2.05, 4.69) is 6.92 Å². The molecule has 0 fully saturated rings. The lowest BCUT2D eigenvalue weighted by Crippen LogP contribution is -2.20. The fourth-order valence-corrected chi connectivity index (χ4v) is 1.20. The van der Waals surface area contributed by atoms with Crippen LogP contribution in [-0.4, -0.2) is 51.4 Å². The van der Waals surface area contributed by atoms with Crippen LogP contribution in [0.15, 0.2) is 0 Å². The molecule has 0 spiro atoms. The lowest BCUT2D eigenvalue weighted by Gasteiger charge is -2.14. The minimum atomic E-state index is 0.0667. The molecule has 0 aliphatic carbocycles. The number of methoxy groups -OCH3 is 1. The minimum Gasteiger partial charge on any atom is -0.394 e. The molecule has 15 heavy (non-hydrogen) atoms. The largest absolute Gasteiger partial charge is 0.394 e. The van der Waals surface area contributed by atoms with E-state index in [0.717, 1.165) is 6.42 Å². The van der Waals surface area contributed by atoms with Gasteiger partial charge in [0.25, 0.3) is 0 Å². The van der Waals surface area contributed by atoms with Gasteiger partial charge in [0.15, 0.2) is 0 Å². The molecule has 0 aliphatic rings. The Kier molecular flexibility index (Phi) is 11.8. The molecule has 0 aromatic heterocycles. The average Bonchev–Trinajstić information content (AvgIpc) is 2.27. The SMILES string of the molecule is CCCCC(COCCOCCO)OC. The highest BCUT2D eigenvalue weighted by molar-refractivity contribution is 4.55. The summed E-state index contributed by atoms with van der Waals surface area (Å²) >= 11 is 0. The zero-order chi connectivity index (χ0) is 11.4. The highest BCUT2D eigenvalue weighted by Crippen LogP contribution is 2.04. The Morgan fingerprint density at radius 2 is 1.87 bits per heavy atom. The standard InChI is InChI=1S/C11H24O4/c1-3-4-5-11(13-2)10-15-9-8-14-7-6-12/h11-12H,3-10H2,1-2H3. The monoisotopic (exact) mass is 220 g/mol. The third-order valence-electron chi connectivity index (χ3n) is 2.12. The zero-order valence-electron chi connectivity index (χ0n) is 9.91. The van der Waals surface area contributed by atoms with Gasteiger partial charge in [-0.15, -0.1) is 0 Å². The van der Waals surface area contributed by atoms with E-state index in [0.29, 0.717) is 26.4 Å². The molecule has 1 atom stereocenters. The molecule has 0 saturated carbocycles. The second-order valence-electron chi connectivity index (χ2n) is 3.41. The van der Waals surface area contributed by atoms with Crippen molar-refractivity contribution >= 4 is 0 Å². The predicted octanol–water partition coefficient (Wildman–Crippen LogP) is 1.22. The molecule has 0 saturated heterocycles. The summed E-state index contributed by atoms with van der Waals surface area (Å²) in [5.74, 6) is 0. The summed E-state index contributed by atoms with van der Waals surface area (Å²) < 4.78 is 15.7. The maximum atomic E-state index is 8.46. The van der Waals surface area contributed by atoms with Crippen LogP contribution >= 0.6 is 0 Å². The van der Waals surface area contributed by atoms with Crippen LogP contribution in [0.1, 0.15) is 26.2 Å². The molecule has 1 N–H and O–H groups in total. The van der Waals surface area contributed by atoms with Gasteiger partial charge in [-0.1, -0.05) is 19.8 Å². The van der Waals surface area contributed by atoms with Crippen molar-refractivity contribution in [1.82, 2.24) is 0 Å². The van der Waals surface area contributed by atoms with Crippen molar-refractivity contribution in [2.75, 3.05) is 40.1 Å². The van der Waals surface area contributed by atoms with E-state index in [1.807, 2.05) is 0 Å². The third kappa shape index (κ3) is 10.1. The average molecular weight is 220 g/mol. The Morgan fingerprint density at radius 1 is 1.13 bits per heavy atom. The quantitative estimate of drug-likeness (QED) is 0.532. The summed E-state index contributed by atoms with van der Waals surface area (Å²) in [6, 6.07) is 0. The van der Waals surface area contributed by atoms with E-state index in [1.54, 1.807) is 7.11 Å². The van der Waals surface area contributed by atoms with Gasteiger partial charge in [-0.3, -0.25) is 0 Å². The van der Waals surface area contributed by atoms with Gasteiger partial charge < -0.3 is 19.3 Å². The van der Waals surface area contributed by atoms with Crippen LogP contribution in [0.25, 0.3) is 0 Å². The van der Waals surface area contributed by atoms with E-state index >= 15 is 0 Å². The molecular formula is C11H24O4. The van der Waals surface area contributed by atoms with Crippen molar-refractivity contribution < 1.29 is 19.3 Å². The number of rotatable bonds is 11. The van der Waals surface area contributed by atoms with Crippen LogP contribution in [0.2, 0.25) is 0 Å². The first-order valence-corrected chi connectivity index (χ1v) is 5.64. The molecule has 0 amide bonds. The van der Waals surface area contributed by atoms with Gasteiger partial charge >= 0.3 is 0 Å². The Balaban J connectivity index is 3.22. The van der Waals surface area contributed by atoms with E-state index in [-0.39, 0.29) is 12.7 Å². The third-order valence-corrected chi connectivity index (χ3v) is 2.12. The number of aliphatic hydroxyl groups excluding tert-OH is 1. The van der Waals surface area contributed by atoms with Gasteiger partial charge in [0.2, 0.25) is 0 Å². The van der Waals surface area contributed by atoms with Crippen molar-refractivity contribution in [2.24, 2.45) is 0 Å². The molecule has 0 aromatic rings. The molecule has 4 heteroatoms. The predicted molar refractivity (Wildman–Crippen MR) is 59.0 cm³/mol. The first-order chi connectivity index (χ1) is 7.35. The van der Waals surface area contributed by atoms with Crippen LogP contribution in [0.3, 0.4) is 0 Å². The van der Waals surface area contributed by atoms with Gasteiger partial charge in [0, 0.05) is 7.11 Å². The van der Waals surface area contributed by atoms with Crippen molar-refractivity contribution in [1.29, 1.82) is 0 Å². The molecule has 0 rings (SSSR count). The van der Waals surface area contributed by atoms with Crippen molar-refractivity contribution in [3.05, 3.63) is 0 Å². The first kappa shape index (κ1) is 14.8. The molecule has 0 heterocycles. The Bertz CT molecular complexity index is 119. The minimum absolute atomic E-state index is 0.0667. The van der Waals surface area contributed by atoms with Crippen LogP contribution in [-0.2, 0) is 14.2 Å². The van der Waals surface area contributed by atoms with E-state index in [9.17, 15) is 0 Å². The zero-order valence-corrected chi connectivity index (χ0v) is 9.91. The number of ether oxygens (including phenoxy) is 3. The van der Waals surface area contributed by atoms with Gasteiger partial charge in [-0.25, -0.2) is 0 Å². The fourth-order valence-electron chi connectivity index (χ4n) is 1.20. The topological polar surface area (TPSA) is 47.9 Å². The second-order valence-corrected chi connectivity index (χ2v) is 3.41. The normalized spacial score (nSPS) is 13.0. The molecule has 0 radical (unpaired) electrons. The van der Waals surface area contributed by atoms with Crippen LogP contribution < -0.4 is 0 Å². The Labute approximate surface area is 92.5 Å². The van der Waals surface area contributed by atoms with Gasteiger partial charge in [-0.05, 0) is 6.42 Å². The highest BCUT2D eigenvalue weighted by atomic mass is 16.5. The molecule has 0 aliphatic heterocycles. The summed E-state index contributed by atoms with van der Waals surface area (Å²) in [6.07, 6.45) is 3.59. The number of hydrogen-bond donors (Lipinski definition) is 1. The molecule has 0 aromatic carbocycles. The second kappa shape index (κ2) is 11.9. The summed E-state index contributed by atoms with van der Waals surface area (Å²) in [4.78, 5) is 0. The van der Waals surface area contributed by atoms with Gasteiger partial charge in [-0.2, -0.15) is 0 Å². The molecule has 4 nitrogen and oxygen atoms in total. The molecule has 0 bridgehead atoms. The summed E-state index contributed by atoms with van der Waals surface area (Å²) in [7, 11) is 1.71. The lowest BCUT2D eigenvalue weighted by molar-refractivity contribution is -0.0202. The number of hydrogen-bond acceptors (Lipinski definition) is 4. The van der Waals surface area contributed by atoms with Crippen molar-refractivity contribution in [3.8, 4) is 0 Å². The van der Waals surface area contributed by atoms with Crippen LogP contribution in [0, 0.1) is 0 Å². The Hall–Kier alpha value is -0.160. The van der Waals surface area contributed by atoms with Crippen molar-refractivity contribution in [3.63, 3.8) is 0 Å². The summed E-state index contributed by atoms with van der Waals surface area (Å²) in [6.45, 7) is 4.33. The van der Waals surface area contributed by atoms with Crippen molar-refractivity contribution in [2.45, 2.75) is 32.3 Å². The molecular weight excluding hydrogens is 196 g/mol. The first-order valence-electron chi connectivity index (χ1n) is 5.64. The van der Waals surface area contributed by atoms with Crippen LogP contribution in [0.5, 0.6) is 0 Å². The lowest BCUT2D eigenvalue weighted by atomic mass is 10.2. The molecule has 1 unspecified atom stereocenters. The van der Waals surface area contributed by atoms with E-state index in [4.69, 9.17) is 19.3 Å². The van der Waals surface area contributed by atoms with Crippen LogP contribution in [0.4, 0.5) is 0 Å². The summed E-state index contributed by atoms with van der Waals surface area (Å²) in [5.41, 5.74) is 0. The van der Waals surface area contributed by atoms with E-state index < -0.39 is 0 Å². The number of aliphatic hydroxyl groups is 1. The summed E-state index contributed by atoms with van der Waals surface area (Å²) in [5, 5.41) is 8.46.